The van der Waals surface area contributed by atoms with E-state index >= 15 is 0 Å². The second kappa shape index (κ2) is 10.3. The highest BCUT2D eigenvalue weighted by molar-refractivity contribution is 6.29. The van der Waals surface area contributed by atoms with Crippen molar-refractivity contribution in [1.29, 1.82) is 5.26 Å². The molecule has 0 aliphatic heterocycles. The third kappa shape index (κ3) is 4.91. The van der Waals surface area contributed by atoms with Gasteiger partial charge in [-0.25, -0.2) is 0 Å². The molecule has 1 unspecified atom stereocenters. The molecule has 0 aliphatic rings. The van der Waals surface area contributed by atoms with Gasteiger partial charge in [-0.2, -0.15) is 5.26 Å². The summed E-state index contributed by atoms with van der Waals surface area (Å²) in [5.74, 6) is 0.511. The number of amides is 1. The number of anilines is 1. The number of methoxy groups -OCH3 is 1. The number of hydrogen-bond donors (Lipinski definition) is 0. The topological polar surface area (TPSA) is 62.6 Å². The maximum absolute atomic E-state index is 12.6. The monoisotopic (exact) mass is 420 g/mol. The Morgan fingerprint density at radius 3 is 2.33 bits per heavy atom. The van der Waals surface area contributed by atoms with Gasteiger partial charge >= 0.3 is 0 Å². The van der Waals surface area contributed by atoms with Gasteiger partial charge in [-0.1, -0.05) is 54.6 Å². The Labute approximate surface area is 181 Å². The van der Waals surface area contributed by atoms with Gasteiger partial charge in [0.05, 0.1) is 18.9 Å². The minimum atomic E-state index is -0.865. The van der Waals surface area contributed by atoms with Gasteiger partial charge in [0, 0.05) is 0 Å². The number of ether oxygens (including phenoxy) is 2. The second-order valence-corrected chi connectivity index (χ2v) is 6.71. The summed E-state index contributed by atoms with van der Waals surface area (Å²) in [6, 6.07) is 25.4. The number of carbonyl (C=O) groups is 1. The van der Waals surface area contributed by atoms with Crippen molar-refractivity contribution in [3.8, 4) is 17.6 Å². The number of nitrogens with zero attached hydrogens (tertiary/aromatic N) is 2. The van der Waals surface area contributed by atoms with Crippen LogP contribution in [0.25, 0.3) is 0 Å². The molecule has 0 saturated carbocycles. The van der Waals surface area contributed by atoms with Crippen molar-refractivity contribution in [3.63, 3.8) is 0 Å². The van der Waals surface area contributed by atoms with Gasteiger partial charge in [0.2, 0.25) is 5.91 Å². The Hall–Kier alpha value is -3.49. The summed E-state index contributed by atoms with van der Waals surface area (Å²) in [5.41, 5.74) is 2.20. The lowest BCUT2D eigenvalue weighted by atomic mass is 10.0. The van der Waals surface area contributed by atoms with Crippen LogP contribution in [0.15, 0.2) is 78.9 Å². The standard InChI is InChI=1S/C24H21ClN2O3/c1-29-23-10-6-5-9-21(23)27(24(28)15-25)22(16-26)19-11-13-20(14-12-19)30-17-18-7-3-2-4-8-18/h2-14,22H,15,17H2,1H3. The summed E-state index contributed by atoms with van der Waals surface area (Å²) in [5, 5.41) is 9.88. The average Bonchev–Trinajstić information content (AvgIpc) is 2.82. The molecule has 5 nitrogen and oxygen atoms in total. The van der Waals surface area contributed by atoms with E-state index in [4.69, 9.17) is 21.1 Å². The summed E-state index contributed by atoms with van der Waals surface area (Å²) in [4.78, 5) is 14.0. The molecule has 30 heavy (non-hydrogen) atoms. The quantitative estimate of drug-likeness (QED) is 0.475. The smallest absolute Gasteiger partial charge is 0.243 e. The minimum absolute atomic E-state index is 0.255. The summed E-state index contributed by atoms with van der Waals surface area (Å²) >= 11 is 5.84. The fraction of sp³-hybridized carbons (Fsp3) is 0.167. The molecule has 0 aliphatic carbocycles. The van der Waals surface area contributed by atoms with E-state index in [9.17, 15) is 10.1 Å². The van der Waals surface area contributed by atoms with E-state index in [1.807, 2.05) is 30.3 Å². The zero-order valence-corrected chi connectivity index (χ0v) is 17.3. The molecule has 1 atom stereocenters. The molecule has 1 amide bonds. The van der Waals surface area contributed by atoms with Crippen LogP contribution in [0.1, 0.15) is 17.2 Å². The Morgan fingerprint density at radius 1 is 1.03 bits per heavy atom. The number of rotatable bonds is 8. The summed E-state index contributed by atoms with van der Waals surface area (Å²) in [6.45, 7) is 0.444. The average molecular weight is 421 g/mol. The first-order chi connectivity index (χ1) is 14.7. The molecule has 3 aromatic carbocycles. The van der Waals surface area contributed by atoms with E-state index in [0.717, 1.165) is 5.56 Å². The maximum atomic E-state index is 12.6. The molecular weight excluding hydrogens is 400 g/mol. The van der Waals surface area contributed by atoms with Gasteiger partial charge in [-0.15, -0.1) is 11.6 Å². The molecule has 0 N–H and O–H groups in total. The number of hydrogen-bond acceptors (Lipinski definition) is 4. The number of para-hydroxylation sites is 2. The van der Waals surface area contributed by atoms with Crippen LogP contribution in [0, 0.1) is 11.3 Å². The Morgan fingerprint density at radius 2 is 1.70 bits per heavy atom. The van der Waals surface area contributed by atoms with Gasteiger partial charge in [-0.3, -0.25) is 9.69 Å². The lowest BCUT2D eigenvalue weighted by Gasteiger charge is -2.28. The molecule has 152 valence electrons. The molecule has 0 aromatic heterocycles. The number of nitriles is 1. The lowest BCUT2D eigenvalue weighted by Crippen LogP contribution is -2.35. The number of benzene rings is 3. The molecule has 0 saturated heterocycles. The van der Waals surface area contributed by atoms with Crippen LogP contribution in [-0.2, 0) is 11.4 Å². The molecule has 6 heteroatoms. The number of halogens is 1. The SMILES string of the molecule is COc1ccccc1N(C(=O)CCl)C(C#N)c1ccc(OCc2ccccc2)cc1. The Balaban J connectivity index is 1.85. The third-order valence-electron chi connectivity index (χ3n) is 4.55. The fourth-order valence-electron chi connectivity index (χ4n) is 3.08. The van der Waals surface area contributed by atoms with Gasteiger partial charge in [0.1, 0.15) is 30.0 Å². The molecule has 3 aromatic rings. The predicted octanol–water partition coefficient (Wildman–Crippen LogP) is 5.11. The van der Waals surface area contributed by atoms with E-state index in [-0.39, 0.29) is 5.88 Å². The highest BCUT2D eigenvalue weighted by Gasteiger charge is 2.28. The molecule has 0 bridgehead atoms. The first-order valence-electron chi connectivity index (χ1n) is 9.35. The van der Waals surface area contributed by atoms with Crippen LogP contribution in [0.5, 0.6) is 11.5 Å². The fourth-order valence-corrected chi connectivity index (χ4v) is 3.21. The lowest BCUT2D eigenvalue weighted by molar-refractivity contribution is -0.116. The molecule has 0 spiro atoms. The maximum Gasteiger partial charge on any atom is 0.243 e. The molecule has 0 heterocycles. The van der Waals surface area contributed by atoms with Crippen molar-refractivity contribution in [3.05, 3.63) is 90.0 Å². The van der Waals surface area contributed by atoms with Crippen LogP contribution in [0.3, 0.4) is 0 Å². The summed E-state index contributed by atoms with van der Waals surface area (Å²) in [7, 11) is 1.52. The van der Waals surface area contributed by atoms with Crippen LogP contribution in [0.4, 0.5) is 5.69 Å². The van der Waals surface area contributed by atoms with Gasteiger partial charge in [0.15, 0.2) is 0 Å². The zero-order chi connectivity index (χ0) is 21.3. The van der Waals surface area contributed by atoms with Crippen molar-refractivity contribution in [2.75, 3.05) is 17.9 Å². The van der Waals surface area contributed by atoms with E-state index in [1.54, 1.807) is 48.5 Å². The molecule has 0 fully saturated rings. The van der Waals surface area contributed by atoms with Crippen molar-refractivity contribution in [2.45, 2.75) is 12.6 Å². The van der Waals surface area contributed by atoms with Crippen molar-refractivity contribution >= 4 is 23.2 Å². The first kappa shape index (κ1) is 21.2. The largest absolute Gasteiger partial charge is 0.495 e. The van der Waals surface area contributed by atoms with Crippen LogP contribution in [0.2, 0.25) is 0 Å². The second-order valence-electron chi connectivity index (χ2n) is 6.44. The van der Waals surface area contributed by atoms with E-state index in [1.165, 1.54) is 12.0 Å². The van der Waals surface area contributed by atoms with E-state index in [2.05, 4.69) is 6.07 Å². The van der Waals surface area contributed by atoms with E-state index < -0.39 is 11.9 Å². The molecular formula is C24H21ClN2O3. The highest BCUT2D eigenvalue weighted by Crippen LogP contribution is 2.35. The Kier molecular flexibility index (Phi) is 7.31. The van der Waals surface area contributed by atoms with Crippen LogP contribution >= 0.6 is 11.6 Å². The van der Waals surface area contributed by atoms with Crippen molar-refractivity contribution < 1.29 is 14.3 Å². The molecule has 3 rings (SSSR count). The zero-order valence-electron chi connectivity index (χ0n) is 16.5. The van der Waals surface area contributed by atoms with Gasteiger partial charge < -0.3 is 9.47 Å². The van der Waals surface area contributed by atoms with Gasteiger partial charge in [0.25, 0.3) is 0 Å². The van der Waals surface area contributed by atoms with Crippen molar-refractivity contribution in [1.82, 2.24) is 0 Å². The van der Waals surface area contributed by atoms with Crippen LogP contribution in [-0.4, -0.2) is 18.9 Å². The third-order valence-corrected chi connectivity index (χ3v) is 4.78. The van der Waals surface area contributed by atoms with Crippen LogP contribution < -0.4 is 14.4 Å². The molecule has 0 radical (unpaired) electrons. The highest BCUT2D eigenvalue weighted by atomic mass is 35.5. The predicted molar refractivity (Wildman–Crippen MR) is 117 cm³/mol. The summed E-state index contributed by atoms with van der Waals surface area (Å²) < 4.78 is 11.2. The summed E-state index contributed by atoms with van der Waals surface area (Å²) in [6.07, 6.45) is 0. The van der Waals surface area contributed by atoms with Crippen molar-refractivity contribution in [2.24, 2.45) is 0 Å². The minimum Gasteiger partial charge on any atom is -0.495 e. The normalized spacial score (nSPS) is 11.2. The Bertz CT molecular complexity index is 1020. The van der Waals surface area contributed by atoms with Gasteiger partial charge in [-0.05, 0) is 35.4 Å². The first-order valence-corrected chi connectivity index (χ1v) is 9.88. The number of alkyl halides is 1. The van der Waals surface area contributed by atoms with E-state index in [0.29, 0.717) is 29.4 Å². The number of carbonyl (C=O) groups excluding carboxylic acids is 1.